The lowest BCUT2D eigenvalue weighted by Crippen LogP contribution is -2.30. The summed E-state index contributed by atoms with van der Waals surface area (Å²) in [6.07, 6.45) is -3.46. The molecule has 3 rings (SSSR count). The lowest BCUT2D eigenvalue weighted by Gasteiger charge is -2.26. The molecule has 1 aliphatic rings. The molecule has 0 spiro atoms. The largest absolute Gasteiger partial charge is 0.508 e. The van der Waals surface area contributed by atoms with Crippen LogP contribution in [0.25, 0.3) is 5.57 Å². The number of nitrogens with zero attached hydrogens (tertiary/aromatic N) is 1. The van der Waals surface area contributed by atoms with Crippen molar-refractivity contribution in [3.05, 3.63) is 65.5 Å². The molecular weight excluding hydrogens is 385 g/mol. The summed E-state index contributed by atoms with van der Waals surface area (Å²) in [5, 5.41) is 19.8. The molecule has 1 heterocycles. The van der Waals surface area contributed by atoms with Gasteiger partial charge in [0.25, 0.3) is 0 Å². The summed E-state index contributed by atoms with van der Waals surface area (Å²) in [6.45, 7) is 0. The van der Waals surface area contributed by atoms with Crippen LogP contribution in [-0.4, -0.2) is 33.4 Å². The predicted octanol–water partition coefficient (Wildman–Crippen LogP) is 3.36. The summed E-state index contributed by atoms with van der Waals surface area (Å²) in [5.41, 5.74) is 3.83. The number of hydrogen-bond donors (Lipinski definition) is 3. The van der Waals surface area contributed by atoms with E-state index in [9.17, 15) is 28.2 Å². The first kappa shape index (κ1) is 20.9. The predicted molar refractivity (Wildman–Crippen MR) is 101 cm³/mol. The van der Waals surface area contributed by atoms with E-state index in [1.807, 2.05) is 0 Å². The Balaban J connectivity index is 2.00. The molecule has 1 atom stereocenters. The average Bonchev–Trinajstić information content (AvgIpc) is 3.45. The Morgan fingerprint density at radius 2 is 1.72 bits per heavy atom. The van der Waals surface area contributed by atoms with Gasteiger partial charge in [0.15, 0.2) is 0 Å². The number of pyridine rings is 1. The number of aliphatic hydroxyl groups excluding tert-OH is 1. The van der Waals surface area contributed by atoms with E-state index in [0.29, 0.717) is 5.56 Å². The van der Waals surface area contributed by atoms with Crippen molar-refractivity contribution in [2.24, 2.45) is 11.1 Å². The van der Waals surface area contributed by atoms with Crippen molar-refractivity contribution in [3.63, 3.8) is 0 Å². The fourth-order valence-corrected chi connectivity index (χ4v) is 3.60. The van der Waals surface area contributed by atoms with Crippen LogP contribution in [0.2, 0.25) is 0 Å². The number of alkyl halides is 3. The third-order valence-electron chi connectivity index (χ3n) is 5.19. The Labute approximate surface area is 165 Å². The van der Waals surface area contributed by atoms with Crippen LogP contribution >= 0.6 is 0 Å². The van der Waals surface area contributed by atoms with E-state index < -0.39 is 23.6 Å². The molecule has 1 amide bonds. The molecule has 8 heteroatoms. The quantitative estimate of drug-likeness (QED) is 0.615. The van der Waals surface area contributed by atoms with Gasteiger partial charge in [-0.15, -0.1) is 0 Å². The van der Waals surface area contributed by atoms with E-state index in [4.69, 9.17) is 5.73 Å². The number of primary amides is 1. The molecule has 2 aromatic rings. The molecule has 0 unspecified atom stereocenters. The van der Waals surface area contributed by atoms with Crippen LogP contribution in [0.5, 0.6) is 5.75 Å². The maximum absolute atomic E-state index is 13.9. The Morgan fingerprint density at radius 1 is 1.14 bits per heavy atom. The number of hydrogen-bond acceptors (Lipinski definition) is 4. The number of rotatable bonds is 7. The van der Waals surface area contributed by atoms with Gasteiger partial charge in [0.05, 0.1) is 11.5 Å². The molecular formula is C21H21F3N2O3. The topological polar surface area (TPSA) is 96.4 Å². The van der Waals surface area contributed by atoms with E-state index in [1.165, 1.54) is 36.7 Å². The fraction of sp³-hybridized carbons (Fsp3) is 0.333. The van der Waals surface area contributed by atoms with E-state index in [1.54, 1.807) is 12.1 Å². The van der Waals surface area contributed by atoms with Crippen molar-refractivity contribution in [3.8, 4) is 5.75 Å². The fourth-order valence-electron chi connectivity index (χ4n) is 3.60. The molecule has 154 valence electrons. The molecule has 29 heavy (non-hydrogen) atoms. The van der Waals surface area contributed by atoms with E-state index >= 15 is 0 Å². The van der Waals surface area contributed by atoms with Crippen molar-refractivity contribution in [1.29, 1.82) is 0 Å². The Kier molecular flexibility index (Phi) is 5.66. The van der Waals surface area contributed by atoms with Crippen LogP contribution in [0.15, 0.2) is 54.4 Å². The third kappa shape index (κ3) is 4.42. The number of benzene rings is 1. The van der Waals surface area contributed by atoms with Crippen molar-refractivity contribution < 1.29 is 28.2 Å². The number of phenols is 1. The molecule has 1 aliphatic carbocycles. The Morgan fingerprint density at radius 3 is 2.21 bits per heavy atom. The van der Waals surface area contributed by atoms with Gasteiger partial charge in [0.1, 0.15) is 5.75 Å². The molecule has 5 nitrogen and oxygen atoms in total. The van der Waals surface area contributed by atoms with Crippen LogP contribution in [0.4, 0.5) is 13.2 Å². The number of aliphatic hydroxyl groups is 1. The summed E-state index contributed by atoms with van der Waals surface area (Å²) in [7, 11) is 0. The van der Waals surface area contributed by atoms with Gasteiger partial charge in [-0.3, -0.25) is 9.78 Å². The lowest BCUT2D eigenvalue weighted by molar-refractivity contribution is -0.168. The smallest absolute Gasteiger partial charge is 0.398 e. The summed E-state index contributed by atoms with van der Waals surface area (Å²) >= 11 is 0. The van der Waals surface area contributed by atoms with Crippen molar-refractivity contribution >= 4 is 11.5 Å². The first-order valence-electron chi connectivity index (χ1n) is 9.10. The highest BCUT2D eigenvalue weighted by Gasteiger charge is 2.66. The molecule has 0 saturated heterocycles. The highest BCUT2D eigenvalue weighted by molar-refractivity contribution is 6.02. The number of carbonyl (C=O) groups excluding carboxylic acids is 1. The summed E-state index contributed by atoms with van der Waals surface area (Å²) < 4.78 is 41.7. The maximum atomic E-state index is 13.9. The molecule has 1 saturated carbocycles. The van der Waals surface area contributed by atoms with Gasteiger partial charge in [-0.05, 0) is 60.2 Å². The summed E-state index contributed by atoms with van der Waals surface area (Å²) in [4.78, 5) is 16.0. The van der Waals surface area contributed by atoms with Gasteiger partial charge >= 0.3 is 6.18 Å². The zero-order valence-electron chi connectivity index (χ0n) is 15.5. The van der Waals surface area contributed by atoms with Gasteiger partial charge < -0.3 is 15.9 Å². The molecule has 1 aromatic carbocycles. The van der Waals surface area contributed by atoms with E-state index in [-0.39, 0.29) is 48.1 Å². The number of aromatic nitrogens is 1. The van der Waals surface area contributed by atoms with Gasteiger partial charge in [-0.2, -0.15) is 13.2 Å². The number of halogens is 3. The van der Waals surface area contributed by atoms with Gasteiger partial charge in [-0.25, -0.2) is 0 Å². The molecule has 0 radical (unpaired) electrons. The number of aromatic hydroxyl groups is 1. The molecule has 0 bridgehead atoms. The van der Waals surface area contributed by atoms with Crippen LogP contribution < -0.4 is 5.73 Å². The van der Waals surface area contributed by atoms with E-state index in [2.05, 4.69) is 4.98 Å². The number of allylic oxidation sites excluding steroid dienone is 1. The second kappa shape index (κ2) is 7.87. The number of nitrogens with two attached hydrogens (primary N) is 1. The van der Waals surface area contributed by atoms with Gasteiger partial charge in [0, 0.05) is 24.4 Å². The van der Waals surface area contributed by atoms with Crippen molar-refractivity contribution in [2.75, 3.05) is 0 Å². The summed E-state index contributed by atoms with van der Waals surface area (Å²) in [5.74, 6) is -0.932. The molecule has 1 aromatic heterocycles. The minimum absolute atomic E-state index is 0.0572. The average molecular weight is 406 g/mol. The van der Waals surface area contributed by atoms with Crippen LogP contribution in [0.1, 0.15) is 30.4 Å². The van der Waals surface area contributed by atoms with Crippen LogP contribution in [0.3, 0.4) is 0 Å². The normalized spacial score (nSPS) is 17.4. The molecule has 4 N–H and O–H groups in total. The number of phenolic OH excluding ortho intramolecular Hbond substituents is 1. The maximum Gasteiger partial charge on any atom is 0.398 e. The molecule has 0 aliphatic heterocycles. The zero-order chi connectivity index (χ0) is 21.2. The second-order valence-electron chi connectivity index (χ2n) is 7.26. The second-order valence-corrected chi connectivity index (χ2v) is 7.26. The number of amides is 1. The highest BCUT2D eigenvalue weighted by Crippen LogP contribution is 2.65. The number of carbonyl (C=O) groups is 1. The SMILES string of the molecule is NC(=O)C(C[C@@H](O)Cc1ccc(O)cc1)=C(c1ccncc1)C1(C(F)(F)F)CC1. The zero-order valence-corrected chi connectivity index (χ0v) is 15.5. The minimum Gasteiger partial charge on any atom is -0.508 e. The first-order chi connectivity index (χ1) is 13.6. The lowest BCUT2D eigenvalue weighted by atomic mass is 9.83. The van der Waals surface area contributed by atoms with Crippen molar-refractivity contribution in [2.45, 2.75) is 38.0 Å². The first-order valence-corrected chi connectivity index (χ1v) is 9.10. The van der Waals surface area contributed by atoms with E-state index in [0.717, 1.165) is 0 Å². The third-order valence-corrected chi connectivity index (χ3v) is 5.19. The van der Waals surface area contributed by atoms with Crippen LogP contribution in [0, 0.1) is 5.41 Å². The standard InChI is InChI=1S/C21H21F3N2O3/c22-21(23,24)20(7-8-20)18(14-5-9-26-10-6-14)17(19(25)29)12-16(28)11-13-1-3-15(27)4-2-13/h1-6,9-10,16,27-28H,7-8,11-12H2,(H2,25,29)/t16-/m0/s1. The Hall–Kier alpha value is -2.87. The van der Waals surface area contributed by atoms with Crippen LogP contribution in [-0.2, 0) is 11.2 Å². The summed E-state index contributed by atoms with van der Waals surface area (Å²) in [6, 6.07) is 8.89. The van der Waals surface area contributed by atoms with Crippen molar-refractivity contribution in [1.82, 2.24) is 4.98 Å². The highest BCUT2D eigenvalue weighted by atomic mass is 19.4. The minimum atomic E-state index is -4.55. The van der Waals surface area contributed by atoms with Gasteiger partial charge in [0.2, 0.25) is 5.91 Å². The van der Waals surface area contributed by atoms with Gasteiger partial charge in [-0.1, -0.05) is 12.1 Å². The molecule has 1 fully saturated rings. The Bertz CT molecular complexity index is 905. The monoisotopic (exact) mass is 406 g/mol.